The average molecular weight is 561 g/mol. The molecular formula is C36H64O4. The Balaban J connectivity index is 3.89. The molecule has 4 heteroatoms. The van der Waals surface area contributed by atoms with Gasteiger partial charge in [-0.15, -0.1) is 0 Å². The van der Waals surface area contributed by atoms with E-state index in [1.54, 1.807) is 0 Å². The Morgan fingerprint density at radius 1 is 0.575 bits per heavy atom. The number of ether oxygens (including phenoxy) is 1. The molecule has 0 aromatic carbocycles. The number of unbranched alkanes of at least 4 members (excludes halogenated alkanes) is 15. The van der Waals surface area contributed by atoms with E-state index in [1.807, 2.05) is 0 Å². The smallest absolute Gasteiger partial charge is 0.306 e. The van der Waals surface area contributed by atoms with E-state index >= 15 is 0 Å². The van der Waals surface area contributed by atoms with Gasteiger partial charge in [-0.2, -0.15) is 0 Å². The number of carbonyl (C=O) groups is 2. The highest BCUT2D eigenvalue weighted by Gasteiger charge is 2.14. The predicted molar refractivity (Wildman–Crippen MR) is 172 cm³/mol. The first-order chi connectivity index (χ1) is 19.6. The van der Waals surface area contributed by atoms with Crippen molar-refractivity contribution in [1.82, 2.24) is 0 Å². The molecular weight excluding hydrogens is 496 g/mol. The molecule has 1 atom stereocenters. The number of esters is 1. The molecule has 232 valence electrons. The van der Waals surface area contributed by atoms with Crippen LogP contribution in [0.1, 0.15) is 174 Å². The highest BCUT2D eigenvalue weighted by Crippen LogP contribution is 2.18. The number of hydrogen-bond donors (Lipinski definition) is 1. The average Bonchev–Trinajstić information content (AvgIpc) is 2.93. The van der Waals surface area contributed by atoms with Gasteiger partial charge >= 0.3 is 11.9 Å². The molecule has 0 aromatic heterocycles. The maximum Gasteiger partial charge on any atom is 0.306 e. The summed E-state index contributed by atoms with van der Waals surface area (Å²) >= 11 is 0. The summed E-state index contributed by atoms with van der Waals surface area (Å²) in [5, 5.41) is 8.78. The monoisotopic (exact) mass is 560 g/mol. The van der Waals surface area contributed by atoms with E-state index in [0.29, 0.717) is 6.42 Å². The Hall–Kier alpha value is -1.84. The Morgan fingerprint density at radius 3 is 1.62 bits per heavy atom. The van der Waals surface area contributed by atoms with Crippen molar-refractivity contribution in [2.45, 2.75) is 180 Å². The quantitative estimate of drug-likeness (QED) is 0.0539. The molecule has 0 saturated heterocycles. The number of rotatable bonds is 30. The second-order valence-corrected chi connectivity index (χ2v) is 11.3. The Bertz CT molecular complexity index is 649. The van der Waals surface area contributed by atoms with E-state index in [4.69, 9.17) is 9.84 Å². The van der Waals surface area contributed by atoms with Crippen molar-refractivity contribution < 1.29 is 19.4 Å². The molecule has 0 aliphatic heterocycles. The van der Waals surface area contributed by atoms with Crippen LogP contribution in [0.25, 0.3) is 0 Å². The van der Waals surface area contributed by atoms with Gasteiger partial charge in [0.05, 0.1) is 0 Å². The Labute approximate surface area is 248 Å². The van der Waals surface area contributed by atoms with Gasteiger partial charge in [0.1, 0.15) is 6.10 Å². The first-order valence-corrected chi connectivity index (χ1v) is 17.0. The molecule has 0 rings (SSSR count). The number of carbonyl (C=O) groups excluding carboxylic acids is 1. The van der Waals surface area contributed by atoms with Crippen LogP contribution in [0.3, 0.4) is 0 Å². The molecule has 40 heavy (non-hydrogen) atoms. The predicted octanol–water partition coefficient (Wildman–Crippen LogP) is 11.4. The maximum atomic E-state index is 12.5. The van der Waals surface area contributed by atoms with Crippen LogP contribution in [0.5, 0.6) is 0 Å². The third kappa shape index (κ3) is 30.7. The molecule has 0 aromatic rings. The van der Waals surface area contributed by atoms with Crippen LogP contribution in [-0.4, -0.2) is 23.1 Å². The van der Waals surface area contributed by atoms with Crippen molar-refractivity contribution in [1.29, 1.82) is 0 Å². The molecule has 0 fully saturated rings. The highest BCUT2D eigenvalue weighted by atomic mass is 16.5. The number of carboxylic acids is 1. The van der Waals surface area contributed by atoms with E-state index < -0.39 is 5.97 Å². The number of hydrogen-bond acceptors (Lipinski definition) is 3. The third-order valence-corrected chi connectivity index (χ3v) is 7.38. The molecule has 0 aliphatic carbocycles. The van der Waals surface area contributed by atoms with Gasteiger partial charge in [-0.3, -0.25) is 9.59 Å². The zero-order valence-corrected chi connectivity index (χ0v) is 26.4. The molecule has 0 aliphatic rings. The topological polar surface area (TPSA) is 63.6 Å². The minimum Gasteiger partial charge on any atom is -0.481 e. The zero-order valence-electron chi connectivity index (χ0n) is 26.4. The van der Waals surface area contributed by atoms with Crippen LogP contribution < -0.4 is 0 Å². The van der Waals surface area contributed by atoms with Crippen LogP contribution in [-0.2, 0) is 14.3 Å². The minimum atomic E-state index is -0.715. The maximum absolute atomic E-state index is 12.5. The van der Waals surface area contributed by atoms with E-state index in [-0.39, 0.29) is 18.5 Å². The van der Waals surface area contributed by atoms with Gasteiger partial charge in [0.25, 0.3) is 0 Å². The van der Waals surface area contributed by atoms with Gasteiger partial charge < -0.3 is 9.84 Å². The summed E-state index contributed by atoms with van der Waals surface area (Å²) < 4.78 is 5.91. The second kappa shape index (κ2) is 31.7. The van der Waals surface area contributed by atoms with Gasteiger partial charge in [-0.25, -0.2) is 0 Å². The number of aliphatic carboxylic acids is 1. The largest absolute Gasteiger partial charge is 0.481 e. The van der Waals surface area contributed by atoms with Gasteiger partial charge in [0.15, 0.2) is 0 Å². The van der Waals surface area contributed by atoms with Gasteiger partial charge in [-0.1, -0.05) is 127 Å². The SMILES string of the molecule is CC/C=C\C/C=C\C/C=C\CCCCCCCCCC(=O)OC(CCCCCCCC)CCCCCCC(=O)O. The lowest BCUT2D eigenvalue weighted by Crippen LogP contribution is -2.18. The summed E-state index contributed by atoms with van der Waals surface area (Å²) in [4.78, 5) is 23.2. The first kappa shape index (κ1) is 38.2. The fourth-order valence-corrected chi connectivity index (χ4v) is 4.90. The van der Waals surface area contributed by atoms with Crippen LogP contribution >= 0.6 is 0 Å². The van der Waals surface area contributed by atoms with Crippen molar-refractivity contribution in [2.75, 3.05) is 0 Å². The lowest BCUT2D eigenvalue weighted by molar-refractivity contribution is -0.150. The van der Waals surface area contributed by atoms with E-state index in [9.17, 15) is 9.59 Å². The van der Waals surface area contributed by atoms with E-state index in [2.05, 4.69) is 50.3 Å². The van der Waals surface area contributed by atoms with Crippen molar-refractivity contribution in [3.8, 4) is 0 Å². The van der Waals surface area contributed by atoms with Crippen LogP contribution in [0.4, 0.5) is 0 Å². The van der Waals surface area contributed by atoms with Crippen molar-refractivity contribution in [3.63, 3.8) is 0 Å². The molecule has 1 N–H and O–H groups in total. The summed E-state index contributed by atoms with van der Waals surface area (Å²) in [7, 11) is 0. The van der Waals surface area contributed by atoms with Crippen LogP contribution in [0, 0.1) is 0 Å². The fraction of sp³-hybridized carbons (Fsp3) is 0.778. The molecule has 0 spiro atoms. The summed E-state index contributed by atoms with van der Waals surface area (Å²) in [6.07, 6.45) is 40.1. The third-order valence-electron chi connectivity index (χ3n) is 7.38. The fourth-order valence-electron chi connectivity index (χ4n) is 4.90. The molecule has 0 heterocycles. The van der Waals surface area contributed by atoms with Gasteiger partial charge in [0, 0.05) is 12.8 Å². The van der Waals surface area contributed by atoms with Crippen LogP contribution in [0.15, 0.2) is 36.5 Å². The van der Waals surface area contributed by atoms with Gasteiger partial charge in [0.2, 0.25) is 0 Å². The Morgan fingerprint density at radius 2 is 1.05 bits per heavy atom. The summed E-state index contributed by atoms with van der Waals surface area (Å²) in [6.45, 7) is 4.40. The summed E-state index contributed by atoms with van der Waals surface area (Å²) in [5.41, 5.74) is 0. The van der Waals surface area contributed by atoms with Crippen molar-refractivity contribution in [2.24, 2.45) is 0 Å². The zero-order chi connectivity index (χ0) is 29.4. The second-order valence-electron chi connectivity index (χ2n) is 11.3. The van der Waals surface area contributed by atoms with Crippen LogP contribution in [0.2, 0.25) is 0 Å². The Kier molecular flexibility index (Phi) is 30.2. The van der Waals surface area contributed by atoms with Crippen molar-refractivity contribution in [3.05, 3.63) is 36.5 Å². The molecule has 0 saturated carbocycles. The van der Waals surface area contributed by atoms with E-state index in [1.165, 1.54) is 70.6 Å². The summed E-state index contributed by atoms with van der Waals surface area (Å²) in [6, 6.07) is 0. The first-order valence-electron chi connectivity index (χ1n) is 17.0. The van der Waals surface area contributed by atoms with Gasteiger partial charge in [-0.05, 0) is 70.6 Å². The normalized spacial score (nSPS) is 12.7. The lowest BCUT2D eigenvalue weighted by Gasteiger charge is -2.18. The molecule has 0 radical (unpaired) electrons. The molecule has 4 nitrogen and oxygen atoms in total. The van der Waals surface area contributed by atoms with E-state index in [0.717, 1.165) is 77.0 Å². The molecule has 0 bridgehead atoms. The molecule has 0 amide bonds. The number of allylic oxidation sites excluding steroid dienone is 6. The lowest BCUT2D eigenvalue weighted by atomic mass is 10.0. The standard InChI is InChI=1S/C36H64O4/c1-3-5-7-9-11-12-13-14-15-16-17-18-19-20-21-23-29-33-36(39)40-34(30-26-22-10-8-6-4-2)31-27-24-25-28-32-35(37)38/h5,7,11-12,14-15,34H,3-4,6,8-10,13,16-33H2,1-2H3,(H,37,38)/b7-5-,12-11-,15-14-. The van der Waals surface area contributed by atoms with Crippen molar-refractivity contribution >= 4 is 11.9 Å². The minimum absolute atomic E-state index is 0.0269. The number of carboxylic acid groups (broad SMARTS) is 1. The molecule has 1 unspecified atom stereocenters. The summed E-state index contributed by atoms with van der Waals surface area (Å²) in [5.74, 6) is -0.742. The highest BCUT2D eigenvalue weighted by molar-refractivity contribution is 5.69.